The Morgan fingerprint density at radius 3 is 2.26 bits per heavy atom. The SMILES string of the molecule is CC[C@H]1OC(=O)[C@H](C)C(=O)[C@H](C)[C@@H](O[C@@H]2O[C@H](C)C[C@H](N(C)CCC(=O)N[C@H](CF)Cc3ccc(S(C)(=O)=O)cc3)[C@H]2O)C(C)(OC)C[C@@H](C)C(=O)[C@H](C)C2N(CCOC)C(=O)OC21C. The number of benzene rings is 1. The van der Waals surface area contributed by atoms with Gasteiger partial charge in [-0.1, -0.05) is 39.8 Å². The number of carbonyl (C=O) groups excluding carboxylic acids is 5. The van der Waals surface area contributed by atoms with Gasteiger partial charge in [0.1, 0.15) is 30.6 Å². The van der Waals surface area contributed by atoms with Gasteiger partial charge in [-0.25, -0.2) is 17.6 Å². The van der Waals surface area contributed by atoms with Crippen molar-refractivity contribution in [1.82, 2.24) is 15.1 Å². The number of cyclic esters (lactones) is 1. The summed E-state index contributed by atoms with van der Waals surface area (Å²) in [5.41, 5.74) is -2.19. The molecule has 2 amide bonds. The number of fused-ring (bicyclic) bond motifs is 1. The minimum atomic E-state index is -3.40. The molecule has 3 unspecified atom stereocenters. The quantitative estimate of drug-likeness (QED) is 0.179. The minimum Gasteiger partial charge on any atom is -0.458 e. The molecule has 3 aliphatic rings. The van der Waals surface area contributed by atoms with Crippen LogP contribution < -0.4 is 5.32 Å². The first-order valence-corrected chi connectivity index (χ1v) is 24.4. The Balaban J connectivity index is 1.57. The number of Topliss-reactive ketones (excluding diaryl/α,β-unsaturated/α-hetero) is 2. The van der Waals surface area contributed by atoms with Gasteiger partial charge in [-0.15, -0.1) is 0 Å². The van der Waals surface area contributed by atoms with E-state index in [4.69, 9.17) is 28.4 Å². The van der Waals surface area contributed by atoms with Crippen molar-refractivity contribution in [2.75, 3.05) is 53.9 Å². The van der Waals surface area contributed by atoms with Gasteiger partial charge >= 0.3 is 12.1 Å². The van der Waals surface area contributed by atoms with E-state index in [9.17, 15) is 41.9 Å². The Morgan fingerprint density at radius 1 is 1.05 bits per heavy atom. The molecule has 4 rings (SSSR count). The average molecular weight is 942 g/mol. The molecule has 0 aliphatic carbocycles. The van der Waals surface area contributed by atoms with E-state index in [1.807, 2.05) is 0 Å². The Kier molecular flexibility index (Phi) is 18.7. The molecule has 3 aliphatic heterocycles. The second kappa shape index (κ2) is 22.5. The van der Waals surface area contributed by atoms with Crippen LogP contribution >= 0.6 is 0 Å². The van der Waals surface area contributed by atoms with Gasteiger partial charge in [-0.2, -0.15) is 0 Å². The summed E-state index contributed by atoms with van der Waals surface area (Å²) in [6.07, 6.45) is -4.21. The lowest BCUT2D eigenvalue weighted by Crippen LogP contribution is -2.60. The second-order valence-corrected chi connectivity index (χ2v) is 20.7. The van der Waals surface area contributed by atoms with Crippen LogP contribution in [-0.2, 0) is 63.9 Å². The van der Waals surface area contributed by atoms with Gasteiger partial charge in [0, 0.05) is 63.8 Å². The van der Waals surface area contributed by atoms with Gasteiger partial charge in [0.15, 0.2) is 27.5 Å². The van der Waals surface area contributed by atoms with Crippen LogP contribution in [0, 0.1) is 23.7 Å². The highest BCUT2D eigenvalue weighted by Crippen LogP contribution is 2.43. The third kappa shape index (κ3) is 12.5. The highest BCUT2D eigenvalue weighted by molar-refractivity contribution is 7.90. The maximum Gasteiger partial charge on any atom is 0.411 e. The fourth-order valence-electron chi connectivity index (χ4n) is 9.87. The van der Waals surface area contributed by atoms with Crippen LogP contribution in [0.4, 0.5) is 9.18 Å². The largest absolute Gasteiger partial charge is 0.458 e. The number of sulfone groups is 1. The summed E-state index contributed by atoms with van der Waals surface area (Å²) in [4.78, 5) is 72.8. The molecule has 0 saturated carbocycles. The number of rotatable bonds is 16. The number of carbonyl (C=O) groups is 5. The smallest absolute Gasteiger partial charge is 0.411 e. The first kappa shape index (κ1) is 54.0. The molecule has 368 valence electrons. The number of nitrogens with zero attached hydrogens (tertiary/aromatic N) is 2. The topological polar surface area (TPSA) is 214 Å². The van der Waals surface area contributed by atoms with E-state index in [1.54, 1.807) is 72.5 Å². The Bertz CT molecular complexity index is 1940. The predicted octanol–water partition coefficient (Wildman–Crippen LogP) is 3.70. The lowest BCUT2D eigenvalue weighted by molar-refractivity contribution is -0.296. The van der Waals surface area contributed by atoms with Crippen molar-refractivity contribution in [3.8, 4) is 0 Å². The van der Waals surface area contributed by atoms with E-state index in [-0.39, 0.29) is 56.1 Å². The summed E-state index contributed by atoms with van der Waals surface area (Å²) in [5.74, 6) is -5.99. The van der Waals surface area contributed by atoms with Crippen LogP contribution in [0.3, 0.4) is 0 Å². The summed E-state index contributed by atoms with van der Waals surface area (Å²) in [7, 11) is 1.25. The average Bonchev–Trinajstić information content (AvgIpc) is 3.52. The van der Waals surface area contributed by atoms with Crippen LogP contribution in [0.25, 0.3) is 0 Å². The Morgan fingerprint density at radius 2 is 1.69 bits per heavy atom. The maximum absolute atomic E-state index is 14.6. The molecule has 19 heteroatoms. The maximum atomic E-state index is 14.6. The summed E-state index contributed by atoms with van der Waals surface area (Å²) in [6, 6.07) is 3.73. The number of amides is 2. The third-order valence-corrected chi connectivity index (χ3v) is 14.8. The molecule has 0 aromatic heterocycles. The summed E-state index contributed by atoms with van der Waals surface area (Å²) in [5, 5.41) is 14.6. The number of likely N-dealkylation sites (N-methyl/N-ethyl adjacent to an activating group) is 1. The Labute approximate surface area is 383 Å². The molecule has 2 N–H and O–H groups in total. The summed E-state index contributed by atoms with van der Waals surface area (Å²) < 4.78 is 74.1. The number of aliphatic hydroxyl groups excluding tert-OH is 1. The van der Waals surface area contributed by atoms with Crippen LogP contribution in [-0.4, -0.2) is 167 Å². The molecule has 0 radical (unpaired) electrons. The molecule has 1 aromatic rings. The van der Waals surface area contributed by atoms with E-state index >= 15 is 0 Å². The number of hydrogen-bond acceptors (Lipinski definition) is 15. The fourth-order valence-corrected chi connectivity index (χ4v) is 10.5. The van der Waals surface area contributed by atoms with Crippen molar-refractivity contribution in [3.63, 3.8) is 0 Å². The van der Waals surface area contributed by atoms with E-state index in [0.29, 0.717) is 12.0 Å². The van der Waals surface area contributed by atoms with Crippen LogP contribution in [0.5, 0.6) is 0 Å². The highest BCUT2D eigenvalue weighted by atomic mass is 32.2. The standard InChI is InChI=1S/C46H72FN3O14S/c1-13-35-46(8)40(50(20-21-59-10)44(56)64-46)28(4)37(52)26(2)24-45(7,60-11)41(29(5)38(53)30(6)42(55)62-35)63-43-39(54)34(22-27(3)61-43)49(9)19-18-36(51)48-32(25-47)23-31-14-16-33(17-15-31)65(12,57)58/h14-17,26-30,32,34-35,39-41,43,54H,13,18-25H2,1-12H3,(H,48,51)/t26-,27-,28+,29+,30-,32+,34+,35-,39-,40?,41-,43+,45?,46?/m1/s1. The number of nitrogens with one attached hydrogen (secondary N) is 1. The highest BCUT2D eigenvalue weighted by Gasteiger charge is 2.60. The number of esters is 1. The molecule has 3 fully saturated rings. The molecule has 3 heterocycles. The lowest BCUT2D eigenvalue weighted by atomic mass is 9.73. The van der Waals surface area contributed by atoms with Crippen molar-refractivity contribution in [2.24, 2.45) is 23.7 Å². The van der Waals surface area contributed by atoms with Gasteiger partial charge in [-0.3, -0.25) is 24.1 Å². The zero-order chi connectivity index (χ0) is 48.8. The van der Waals surface area contributed by atoms with E-state index < -0.39 is 124 Å². The second-order valence-electron chi connectivity index (χ2n) is 18.7. The molecular weight excluding hydrogens is 870 g/mol. The van der Waals surface area contributed by atoms with E-state index in [0.717, 1.165) is 6.26 Å². The van der Waals surface area contributed by atoms with Gasteiger partial charge in [0.25, 0.3) is 0 Å². The zero-order valence-corrected chi connectivity index (χ0v) is 40.9. The first-order chi connectivity index (χ1) is 30.4. The number of ether oxygens (including phenoxy) is 6. The number of alkyl halides is 1. The molecule has 17 nitrogen and oxygen atoms in total. The van der Waals surface area contributed by atoms with Crippen LogP contribution in [0.15, 0.2) is 29.2 Å². The molecule has 65 heavy (non-hydrogen) atoms. The molecule has 1 aromatic carbocycles. The summed E-state index contributed by atoms with van der Waals surface area (Å²) >= 11 is 0. The number of aliphatic hydroxyl groups is 1. The number of methoxy groups -OCH3 is 2. The minimum absolute atomic E-state index is 0.0317. The fraction of sp³-hybridized carbons (Fsp3) is 0.761. The zero-order valence-electron chi connectivity index (χ0n) is 40.0. The van der Waals surface area contributed by atoms with Gasteiger partial charge in [0.05, 0.1) is 41.4 Å². The summed E-state index contributed by atoms with van der Waals surface area (Å²) in [6.45, 7) is 13.0. The molecular formula is C46H72FN3O14S. The van der Waals surface area contributed by atoms with Gasteiger partial charge < -0.3 is 43.7 Å². The first-order valence-electron chi connectivity index (χ1n) is 22.5. The third-order valence-electron chi connectivity index (χ3n) is 13.7. The normalized spacial score (nSPS) is 34.7. The molecule has 0 spiro atoms. The van der Waals surface area contributed by atoms with Crippen molar-refractivity contribution in [3.05, 3.63) is 29.8 Å². The van der Waals surface area contributed by atoms with Crippen LogP contribution in [0.2, 0.25) is 0 Å². The number of halogens is 1. The van der Waals surface area contributed by atoms with Crippen molar-refractivity contribution < 1.29 is 70.3 Å². The van der Waals surface area contributed by atoms with Gasteiger partial charge in [0.2, 0.25) is 5.91 Å². The molecule has 14 atom stereocenters. The lowest BCUT2D eigenvalue weighted by Gasteiger charge is -2.47. The van der Waals surface area contributed by atoms with E-state index in [1.165, 1.54) is 38.2 Å². The van der Waals surface area contributed by atoms with Crippen molar-refractivity contribution >= 4 is 39.4 Å². The van der Waals surface area contributed by atoms with Gasteiger partial charge in [-0.05, 0) is 78.1 Å². The number of ketones is 2. The monoisotopic (exact) mass is 941 g/mol. The van der Waals surface area contributed by atoms with E-state index in [2.05, 4.69) is 5.32 Å². The molecule has 0 bridgehead atoms. The Hall–Kier alpha value is -3.59. The molecule has 3 saturated heterocycles. The van der Waals surface area contributed by atoms with Crippen LogP contribution in [0.1, 0.15) is 86.6 Å². The number of hydrogen-bond donors (Lipinski definition) is 2. The van der Waals surface area contributed by atoms with Crippen molar-refractivity contribution in [1.29, 1.82) is 0 Å². The van der Waals surface area contributed by atoms with Crippen molar-refractivity contribution in [2.45, 2.75) is 152 Å². The predicted molar refractivity (Wildman–Crippen MR) is 236 cm³/mol.